The molecule has 2 N–H and O–H groups in total. The van der Waals surface area contributed by atoms with Crippen LogP contribution < -0.4 is 0 Å². The number of hydrogen-bond acceptors (Lipinski definition) is 3. The lowest BCUT2D eigenvalue weighted by Gasteiger charge is -1.98. The van der Waals surface area contributed by atoms with Crippen molar-refractivity contribution in [2.24, 2.45) is 0 Å². The van der Waals surface area contributed by atoms with Crippen LogP contribution in [0.1, 0.15) is 6.92 Å². The van der Waals surface area contributed by atoms with Gasteiger partial charge < -0.3 is 4.89 Å². The molecule has 0 bridgehead atoms. The zero-order chi connectivity index (χ0) is 8.36. The van der Waals surface area contributed by atoms with E-state index in [2.05, 4.69) is 10.9 Å². The van der Waals surface area contributed by atoms with Crippen molar-refractivity contribution < 1.29 is 23.2 Å². The van der Waals surface area contributed by atoms with E-state index >= 15 is 0 Å². The van der Waals surface area contributed by atoms with Crippen molar-refractivity contribution in [3.8, 4) is 0 Å². The lowest BCUT2D eigenvalue weighted by atomic mass is 10.8. The van der Waals surface area contributed by atoms with Gasteiger partial charge in [-0.1, -0.05) is 6.58 Å². The van der Waals surface area contributed by atoms with Crippen LogP contribution in [0, 0.1) is 0 Å². The van der Waals surface area contributed by atoms with Gasteiger partial charge in [0.2, 0.25) is 0 Å². The summed E-state index contributed by atoms with van der Waals surface area (Å²) < 4.78 is 24.3. The van der Waals surface area contributed by atoms with Crippen molar-refractivity contribution in [3.63, 3.8) is 0 Å². The topological polar surface area (TPSA) is 83.8 Å². The largest absolute Gasteiger partial charge is 0.703 e. The SMILES string of the molecule is C=C(C)P(=O)(O)O[P+](=O)O. The van der Waals surface area contributed by atoms with Crippen molar-refractivity contribution in [3.05, 3.63) is 11.9 Å². The second kappa shape index (κ2) is 3.37. The van der Waals surface area contributed by atoms with Gasteiger partial charge in [-0.3, -0.25) is 4.57 Å². The molecule has 0 aromatic rings. The minimum absolute atomic E-state index is 0.162. The molecule has 2 atom stereocenters. The fraction of sp³-hybridized carbons (Fsp3) is 0.333. The molecular formula is C3H7O5P2+. The van der Waals surface area contributed by atoms with Gasteiger partial charge in [-0.05, 0) is 11.2 Å². The van der Waals surface area contributed by atoms with Gasteiger partial charge in [0.15, 0.2) is 0 Å². The molecule has 0 aliphatic heterocycles. The van der Waals surface area contributed by atoms with E-state index in [1.165, 1.54) is 6.92 Å². The average molecular weight is 185 g/mol. The maximum atomic E-state index is 10.6. The fourth-order valence-corrected chi connectivity index (χ4v) is 1.48. The molecule has 0 aliphatic rings. The molecule has 0 saturated carbocycles. The smallest absolute Gasteiger partial charge is 0.319 e. The molecule has 0 fully saturated rings. The van der Waals surface area contributed by atoms with E-state index in [0.29, 0.717) is 0 Å². The zero-order valence-corrected chi connectivity index (χ0v) is 7.01. The molecule has 0 amide bonds. The molecule has 10 heavy (non-hydrogen) atoms. The Labute approximate surface area is 58.8 Å². The van der Waals surface area contributed by atoms with Crippen molar-refractivity contribution in [2.45, 2.75) is 6.92 Å². The number of hydrogen-bond donors (Lipinski definition) is 2. The van der Waals surface area contributed by atoms with Crippen LogP contribution in [0.25, 0.3) is 0 Å². The standard InChI is InChI=1S/C3H6O5P2/c1-3(2)10(6,7)8-9(4)5/h1H2,2H3,(H-,4,5,6,7)/p+1. The lowest BCUT2D eigenvalue weighted by Crippen LogP contribution is -1.80. The molecule has 0 heterocycles. The molecule has 5 nitrogen and oxygen atoms in total. The third-order valence-electron chi connectivity index (χ3n) is 0.663. The van der Waals surface area contributed by atoms with Gasteiger partial charge in [-0.25, -0.2) is 0 Å². The van der Waals surface area contributed by atoms with Gasteiger partial charge in [-0.2, -0.15) is 0 Å². The lowest BCUT2D eigenvalue weighted by molar-refractivity contribution is 0.356. The third kappa shape index (κ3) is 3.20. The summed E-state index contributed by atoms with van der Waals surface area (Å²) in [5.74, 6) is 0. The van der Waals surface area contributed by atoms with Crippen molar-refractivity contribution >= 4 is 15.9 Å². The summed E-state index contributed by atoms with van der Waals surface area (Å²) in [5.41, 5.74) is 0. The van der Waals surface area contributed by atoms with Crippen LogP contribution in [-0.2, 0) is 13.4 Å². The summed E-state index contributed by atoms with van der Waals surface area (Å²) >= 11 is 0. The maximum Gasteiger partial charge on any atom is 0.703 e. The first-order chi connectivity index (χ1) is 4.36. The quantitative estimate of drug-likeness (QED) is 0.648. The Hall–Kier alpha value is -0.0500. The maximum absolute atomic E-state index is 10.6. The Kier molecular flexibility index (Phi) is 3.36. The van der Waals surface area contributed by atoms with Crippen LogP contribution in [0.4, 0.5) is 0 Å². The first kappa shape index (κ1) is 9.95. The minimum atomic E-state index is -4.05. The normalized spacial score (nSPS) is 17.7. The molecule has 58 valence electrons. The third-order valence-corrected chi connectivity index (χ3v) is 3.07. The zero-order valence-electron chi connectivity index (χ0n) is 5.22. The van der Waals surface area contributed by atoms with Gasteiger partial charge in [0.05, 0.1) is 0 Å². The Morgan fingerprint density at radius 1 is 1.80 bits per heavy atom. The highest BCUT2D eigenvalue weighted by Crippen LogP contribution is 2.55. The van der Waals surface area contributed by atoms with Gasteiger partial charge in [-0.15, -0.1) is 4.89 Å². The molecule has 0 rings (SSSR count). The number of allylic oxidation sites excluding steroid dienone is 1. The van der Waals surface area contributed by atoms with Crippen molar-refractivity contribution in [1.82, 2.24) is 0 Å². The van der Waals surface area contributed by atoms with Gasteiger partial charge in [0.1, 0.15) is 0 Å². The van der Waals surface area contributed by atoms with Crippen LogP contribution in [0.15, 0.2) is 11.9 Å². The second-order valence-corrected chi connectivity index (χ2v) is 4.51. The minimum Gasteiger partial charge on any atom is -0.319 e. The van der Waals surface area contributed by atoms with Crippen LogP contribution in [-0.4, -0.2) is 9.79 Å². The summed E-state index contributed by atoms with van der Waals surface area (Å²) in [6.07, 6.45) is 0. The average Bonchev–Trinajstić information content (AvgIpc) is 1.60. The van der Waals surface area contributed by atoms with Crippen molar-refractivity contribution in [2.75, 3.05) is 0 Å². The van der Waals surface area contributed by atoms with E-state index < -0.39 is 15.9 Å². The fourth-order valence-electron chi connectivity index (χ4n) is 0.164. The first-order valence-electron chi connectivity index (χ1n) is 2.21. The van der Waals surface area contributed by atoms with Crippen LogP contribution >= 0.6 is 15.9 Å². The second-order valence-electron chi connectivity index (χ2n) is 1.58. The highest BCUT2D eigenvalue weighted by Gasteiger charge is 2.33. The summed E-state index contributed by atoms with van der Waals surface area (Å²) in [7, 11) is -7.09. The van der Waals surface area contributed by atoms with Gasteiger partial charge in [0.25, 0.3) is 0 Å². The summed E-state index contributed by atoms with van der Waals surface area (Å²) in [5, 5.41) is -0.162. The van der Waals surface area contributed by atoms with E-state index in [4.69, 9.17) is 9.79 Å². The van der Waals surface area contributed by atoms with E-state index in [-0.39, 0.29) is 5.31 Å². The molecular weight excluding hydrogens is 178 g/mol. The van der Waals surface area contributed by atoms with E-state index in [9.17, 15) is 9.13 Å². The van der Waals surface area contributed by atoms with E-state index in [1.54, 1.807) is 0 Å². The highest BCUT2D eigenvalue weighted by molar-refractivity contribution is 7.63. The molecule has 0 saturated heterocycles. The van der Waals surface area contributed by atoms with E-state index in [0.717, 1.165) is 0 Å². The predicted octanol–water partition coefficient (Wildman–Crippen LogP) is 1.37. The number of rotatable bonds is 3. The summed E-state index contributed by atoms with van der Waals surface area (Å²) in [6, 6.07) is 0. The first-order valence-corrected chi connectivity index (χ1v) is 4.92. The molecule has 0 aliphatic carbocycles. The molecule has 0 aromatic carbocycles. The Morgan fingerprint density at radius 2 is 2.20 bits per heavy atom. The molecule has 0 aromatic heterocycles. The van der Waals surface area contributed by atoms with Crippen LogP contribution in [0.5, 0.6) is 0 Å². The molecule has 0 spiro atoms. The van der Waals surface area contributed by atoms with Crippen LogP contribution in [0.3, 0.4) is 0 Å². The highest BCUT2D eigenvalue weighted by atomic mass is 31.2. The summed E-state index contributed by atoms with van der Waals surface area (Å²) in [4.78, 5) is 16.7. The predicted molar refractivity (Wildman–Crippen MR) is 35.5 cm³/mol. The van der Waals surface area contributed by atoms with Crippen LogP contribution in [0.2, 0.25) is 0 Å². The Morgan fingerprint density at radius 3 is 2.30 bits per heavy atom. The monoisotopic (exact) mass is 185 g/mol. The molecule has 7 heteroatoms. The van der Waals surface area contributed by atoms with Crippen molar-refractivity contribution in [1.29, 1.82) is 0 Å². The van der Waals surface area contributed by atoms with Gasteiger partial charge >= 0.3 is 15.9 Å². The molecule has 2 unspecified atom stereocenters. The Balaban J connectivity index is 4.29. The Bertz CT molecular complexity index is 209. The summed E-state index contributed by atoms with van der Waals surface area (Å²) in [6.45, 7) is 4.34. The van der Waals surface area contributed by atoms with E-state index in [1.807, 2.05) is 0 Å². The van der Waals surface area contributed by atoms with Gasteiger partial charge in [0, 0.05) is 9.88 Å². The molecule has 0 radical (unpaired) electrons.